The molecule has 3 aromatic rings. The number of aromatic nitrogens is 2. The van der Waals surface area contributed by atoms with Crippen molar-refractivity contribution in [2.75, 3.05) is 6.61 Å². The number of thiophene rings is 1. The number of rotatable bonds is 5. The molecule has 0 saturated carbocycles. The van der Waals surface area contributed by atoms with Crippen molar-refractivity contribution >= 4 is 33.2 Å². The number of fused-ring (bicyclic) bond motifs is 1. The van der Waals surface area contributed by atoms with Gasteiger partial charge < -0.3 is 4.74 Å². The first-order valence-electron chi connectivity index (χ1n) is 7.83. The number of hydrogen-bond acceptors (Lipinski definition) is 4. The van der Waals surface area contributed by atoms with Gasteiger partial charge in [0.15, 0.2) is 0 Å². The van der Waals surface area contributed by atoms with Crippen molar-refractivity contribution in [3.05, 3.63) is 55.9 Å². The zero-order chi connectivity index (χ0) is 17.3. The maximum atomic E-state index is 12.8. The summed E-state index contributed by atoms with van der Waals surface area (Å²) in [6, 6.07) is 7.27. The zero-order valence-electron chi connectivity index (χ0n) is 13.9. The minimum Gasteiger partial charge on any atom is -0.494 e. The molecule has 2 heterocycles. The van der Waals surface area contributed by atoms with Crippen LogP contribution in [0.4, 0.5) is 0 Å². The van der Waals surface area contributed by atoms with Crippen LogP contribution in [0.2, 0.25) is 5.02 Å². The lowest BCUT2D eigenvalue weighted by Crippen LogP contribution is -2.24. The third-order valence-electron chi connectivity index (χ3n) is 4.09. The van der Waals surface area contributed by atoms with Crippen LogP contribution < -0.4 is 10.3 Å². The summed E-state index contributed by atoms with van der Waals surface area (Å²) < 4.78 is 7.43. The smallest absolute Gasteiger partial charge is 0.262 e. The summed E-state index contributed by atoms with van der Waals surface area (Å²) in [6.07, 6.45) is 0.735. The van der Waals surface area contributed by atoms with Crippen molar-refractivity contribution in [2.24, 2.45) is 0 Å². The summed E-state index contributed by atoms with van der Waals surface area (Å²) in [5.41, 5.74) is 1.09. The molecule has 1 aromatic carbocycles. The molecule has 0 aliphatic heterocycles. The first-order chi connectivity index (χ1) is 11.5. The fourth-order valence-electron chi connectivity index (χ4n) is 2.64. The minimum absolute atomic E-state index is 0.0471. The van der Waals surface area contributed by atoms with E-state index in [1.165, 1.54) is 0 Å². The molecule has 0 aliphatic carbocycles. The van der Waals surface area contributed by atoms with Crippen molar-refractivity contribution in [1.82, 2.24) is 9.55 Å². The maximum absolute atomic E-state index is 12.8. The highest BCUT2D eigenvalue weighted by Gasteiger charge is 2.14. The first kappa shape index (κ1) is 17.0. The molecule has 0 fully saturated rings. The Kier molecular flexibility index (Phi) is 4.92. The molecule has 0 saturated heterocycles. The Morgan fingerprint density at radius 2 is 1.92 bits per heavy atom. The zero-order valence-corrected chi connectivity index (χ0v) is 15.5. The molecule has 24 heavy (non-hydrogen) atoms. The molecule has 0 aliphatic rings. The van der Waals surface area contributed by atoms with Gasteiger partial charge in [0.25, 0.3) is 5.56 Å². The van der Waals surface area contributed by atoms with Crippen LogP contribution in [0.25, 0.3) is 10.2 Å². The van der Waals surface area contributed by atoms with E-state index in [0.29, 0.717) is 18.2 Å². The van der Waals surface area contributed by atoms with Gasteiger partial charge in [0.2, 0.25) is 0 Å². The van der Waals surface area contributed by atoms with Crippen molar-refractivity contribution < 1.29 is 4.74 Å². The molecule has 0 radical (unpaired) electrons. The number of benzene rings is 1. The second kappa shape index (κ2) is 6.95. The molecule has 0 bridgehead atoms. The number of ether oxygens (including phenoxy) is 1. The summed E-state index contributed by atoms with van der Waals surface area (Å²) in [5, 5.41) is 1.44. The molecule has 0 N–H and O–H groups in total. The molecular formula is C18H19ClN2O2S. The van der Waals surface area contributed by atoms with Gasteiger partial charge in [0.1, 0.15) is 16.4 Å². The Hall–Kier alpha value is -1.85. The topological polar surface area (TPSA) is 44.1 Å². The van der Waals surface area contributed by atoms with Crippen LogP contribution in [0.3, 0.4) is 0 Å². The van der Waals surface area contributed by atoms with Crippen LogP contribution in [0.15, 0.2) is 29.1 Å². The Morgan fingerprint density at radius 1 is 1.21 bits per heavy atom. The fourth-order valence-corrected chi connectivity index (χ4v) is 3.83. The van der Waals surface area contributed by atoms with Gasteiger partial charge >= 0.3 is 0 Å². The average molecular weight is 363 g/mol. The summed E-state index contributed by atoms with van der Waals surface area (Å²) in [4.78, 5) is 19.3. The number of nitrogens with zero attached hydrogens (tertiary/aromatic N) is 2. The Bertz CT molecular complexity index is 929. The van der Waals surface area contributed by atoms with E-state index < -0.39 is 0 Å². The molecule has 3 rings (SSSR count). The van der Waals surface area contributed by atoms with Gasteiger partial charge in [0, 0.05) is 16.4 Å². The largest absolute Gasteiger partial charge is 0.494 e. The highest BCUT2D eigenvalue weighted by molar-refractivity contribution is 7.18. The van der Waals surface area contributed by atoms with E-state index >= 15 is 0 Å². The van der Waals surface area contributed by atoms with E-state index in [1.54, 1.807) is 28.0 Å². The number of aryl methyl sites for hydroxylation is 3. The summed E-state index contributed by atoms with van der Waals surface area (Å²) in [6.45, 7) is 7.02. The predicted octanol–water partition coefficient (Wildman–Crippen LogP) is 4.51. The molecule has 0 unspecified atom stereocenters. The van der Waals surface area contributed by atoms with E-state index in [1.807, 2.05) is 32.9 Å². The van der Waals surface area contributed by atoms with Crippen LogP contribution in [-0.2, 0) is 6.54 Å². The van der Waals surface area contributed by atoms with Crippen molar-refractivity contribution in [1.29, 1.82) is 0 Å². The Morgan fingerprint density at radius 3 is 2.62 bits per heavy atom. The normalized spacial score (nSPS) is 11.2. The molecule has 6 heteroatoms. The molecule has 2 aromatic heterocycles. The van der Waals surface area contributed by atoms with Crippen LogP contribution in [0.5, 0.6) is 5.75 Å². The number of hydrogen-bond donors (Lipinski definition) is 0. The third kappa shape index (κ3) is 3.32. The lowest BCUT2D eigenvalue weighted by Gasteiger charge is -2.10. The summed E-state index contributed by atoms with van der Waals surface area (Å²) >= 11 is 7.43. The highest BCUT2D eigenvalue weighted by Crippen LogP contribution is 2.26. The Balaban J connectivity index is 1.72. The molecular weight excluding hydrogens is 344 g/mol. The standard InChI is InChI=1S/C18H19ClN2O2S/c1-11-12(2)24-17-16(11)18(22)21(13(3)20-17)9-4-10-23-15-7-5-14(19)6-8-15/h5-8H,4,9-10H2,1-3H3. The third-order valence-corrected chi connectivity index (χ3v) is 5.44. The maximum Gasteiger partial charge on any atom is 0.262 e. The molecule has 4 nitrogen and oxygen atoms in total. The summed E-state index contributed by atoms with van der Waals surface area (Å²) in [7, 11) is 0. The van der Waals surface area contributed by atoms with Crippen LogP contribution in [0, 0.1) is 20.8 Å². The van der Waals surface area contributed by atoms with E-state index in [4.69, 9.17) is 16.3 Å². The number of halogens is 1. The van der Waals surface area contributed by atoms with E-state index in [9.17, 15) is 4.79 Å². The van der Waals surface area contributed by atoms with Gasteiger partial charge in [-0.15, -0.1) is 11.3 Å². The SMILES string of the molecule is Cc1sc2nc(C)n(CCCOc3ccc(Cl)cc3)c(=O)c2c1C. The van der Waals surface area contributed by atoms with E-state index in [2.05, 4.69) is 4.98 Å². The van der Waals surface area contributed by atoms with Crippen molar-refractivity contribution in [3.63, 3.8) is 0 Å². The van der Waals surface area contributed by atoms with Crippen LogP contribution in [-0.4, -0.2) is 16.2 Å². The van der Waals surface area contributed by atoms with E-state index in [-0.39, 0.29) is 5.56 Å². The summed E-state index contributed by atoms with van der Waals surface area (Å²) in [5.74, 6) is 1.53. The molecule has 126 valence electrons. The van der Waals surface area contributed by atoms with Gasteiger partial charge in [-0.05, 0) is 57.0 Å². The molecule has 0 amide bonds. The molecule has 0 atom stereocenters. The van der Waals surface area contributed by atoms with Crippen molar-refractivity contribution in [2.45, 2.75) is 33.7 Å². The quantitative estimate of drug-likeness (QED) is 0.627. The predicted molar refractivity (Wildman–Crippen MR) is 99.7 cm³/mol. The van der Waals surface area contributed by atoms with Gasteiger partial charge in [-0.1, -0.05) is 11.6 Å². The highest BCUT2D eigenvalue weighted by atomic mass is 35.5. The van der Waals surface area contributed by atoms with E-state index in [0.717, 1.165) is 38.7 Å². The van der Waals surface area contributed by atoms with Gasteiger partial charge in [-0.2, -0.15) is 0 Å². The monoisotopic (exact) mass is 362 g/mol. The van der Waals surface area contributed by atoms with Crippen molar-refractivity contribution in [3.8, 4) is 5.75 Å². The minimum atomic E-state index is 0.0471. The van der Waals surface area contributed by atoms with Gasteiger partial charge in [-0.25, -0.2) is 4.98 Å². The lowest BCUT2D eigenvalue weighted by atomic mass is 10.2. The lowest BCUT2D eigenvalue weighted by molar-refractivity contribution is 0.300. The average Bonchev–Trinajstić information content (AvgIpc) is 2.82. The first-order valence-corrected chi connectivity index (χ1v) is 9.02. The Labute approximate surface area is 149 Å². The molecule has 0 spiro atoms. The second-order valence-electron chi connectivity index (χ2n) is 5.74. The fraction of sp³-hybridized carbons (Fsp3) is 0.333. The van der Waals surface area contributed by atoms with Gasteiger partial charge in [0.05, 0.1) is 12.0 Å². The van der Waals surface area contributed by atoms with Crippen LogP contribution in [0.1, 0.15) is 22.7 Å². The van der Waals surface area contributed by atoms with Crippen LogP contribution >= 0.6 is 22.9 Å². The second-order valence-corrected chi connectivity index (χ2v) is 7.37. The van der Waals surface area contributed by atoms with Gasteiger partial charge in [-0.3, -0.25) is 9.36 Å².